The molecule has 1 saturated heterocycles. The molecule has 0 spiro atoms. The fourth-order valence-electron chi connectivity index (χ4n) is 3.14. The monoisotopic (exact) mass is 513 g/mol. The Bertz CT molecular complexity index is 787. The van der Waals surface area contributed by atoms with Crippen LogP contribution < -0.4 is 15.4 Å². The molecule has 0 saturated carbocycles. The standard InChI is InChI=1S/C21H31N5O2.HI/c1-16-4-5-19(20(10-16)28-15-18-6-9-27-14-18)12-24-21(22-3)23-7-8-26-13-17(2)11-25-26;/h4-5,10-11,13,18H,6-9,12,14-15H2,1-3H3,(H2,22,23,24);1H. The highest BCUT2D eigenvalue weighted by atomic mass is 127. The number of rotatable bonds is 8. The molecule has 1 atom stereocenters. The van der Waals surface area contributed by atoms with Gasteiger partial charge in [-0.05, 0) is 37.5 Å². The zero-order valence-corrected chi connectivity index (χ0v) is 19.8. The van der Waals surface area contributed by atoms with E-state index in [2.05, 4.69) is 45.8 Å². The van der Waals surface area contributed by atoms with Crippen molar-refractivity contribution in [3.8, 4) is 5.75 Å². The number of aliphatic imine (C=N–C) groups is 1. The van der Waals surface area contributed by atoms with Gasteiger partial charge in [0, 0.05) is 44.4 Å². The van der Waals surface area contributed by atoms with Crippen LogP contribution in [0.5, 0.6) is 5.75 Å². The second kappa shape index (κ2) is 12.0. The van der Waals surface area contributed by atoms with E-state index < -0.39 is 0 Å². The maximum absolute atomic E-state index is 6.12. The molecule has 0 bridgehead atoms. The van der Waals surface area contributed by atoms with Gasteiger partial charge >= 0.3 is 0 Å². The maximum Gasteiger partial charge on any atom is 0.191 e. The van der Waals surface area contributed by atoms with Gasteiger partial charge in [0.25, 0.3) is 0 Å². The van der Waals surface area contributed by atoms with Crippen LogP contribution in [-0.4, -0.2) is 49.2 Å². The van der Waals surface area contributed by atoms with Crippen LogP contribution in [0.1, 0.15) is 23.1 Å². The molecular formula is C21H32IN5O2. The van der Waals surface area contributed by atoms with E-state index in [0.717, 1.165) is 50.0 Å². The lowest BCUT2D eigenvalue weighted by atomic mass is 10.1. The Balaban J connectivity index is 0.00000300. The van der Waals surface area contributed by atoms with Gasteiger partial charge in [0.15, 0.2) is 5.96 Å². The number of ether oxygens (including phenoxy) is 2. The van der Waals surface area contributed by atoms with Crippen LogP contribution in [0.15, 0.2) is 35.6 Å². The minimum atomic E-state index is 0. The van der Waals surface area contributed by atoms with E-state index in [0.29, 0.717) is 19.1 Å². The van der Waals surface area contributed by atoms with E-state index in [4.69, 9.17) is 9.47 Å². The van der Waals surface area contributed by atoms with Gasteiger partial charge in [0.05, 0.1) is 26.0 Å². The molecule has 1 aromatic heterocycles. The molecule has 1 fully saturated rings. The molecule has 0 aliphatic carbocycles. The molecule has 8 heteroatoms. The third kappa shape index (κ3) is 7.50. The molecule has 160 valence electrons. The summed E-state index contributed by atoms with van der Waals surface area (Å²) >= 11 is 0. The zero-order chi connectivity index (χ0) is 19.8. The van der Waals surface area contributed by atoms with Crippen molar-refractivity contribution in [2.75, 3.05) is 33.4 Å². The van der Waals surface area contributed by atoms with Crippen LogP contribution in [0, 0.1) is 19.8 Å². The smallest absolute Gasteiger partial charge is 0.191 e. The molecule has 0 amide bonds. The first-order valence-corrected chi connectivity index (χ1v) is 9.87. The molecule has 1 aliphatic heterocycles. The number of nitrogens with zero attached hydrogens (tertiary/aromatic N) is 3. The van der Waals surface area contributed by atoms with E-state index >= 15 is 0 Å². The minimum Gasteiger partial charge on any atom is -0.493 e. The molecule has 2 N–H and O–H groups in total. The number of halogens is 1. The fraction of sp³-hybridized carbons (Fsp3) is 0.524. The topological polar surface area (TPSA) is 72.7 Å². The van der Waals surface area contributed by atoms with E-state index in [1.165, 1.54) is 11.1 Å². The van der Waals surface area contributed by atoms with Gasteiger partial charge in [-0.1, -0.05) is 12.1 Å². The van der Waals surface area contributed by atoms with Crippen LogP contribution in [0.25, 0.3) is 0 Å². The second-order valence-electron chi connectivity index (χ2n) is 7.29. The highest BCUT2D eigenvalue weighted by molar-refractivity contribution is 14.0. The third-order valence-electron chi connectivity index (χ3n) is 4.79. The maximum atomic E-state index is 6.12. The van der Waals surface area contributed by atoms with Crippen LogP contribution in [0.3, 0.4) is 0 Å². The van der Waals surface area contributed by atoms with E-state index in [-0.39, 0.29) is 24.0 Å². The lowest BCUT2D eigenvalue weighted by molar-refractivity contribution is 0.166. The molecule has 1 aromatic carbocycles. The highest BCUT2D eigenvalue weighted by Gasteiger charge is 2.17. The van der Waals surface area contributed by atoms with Crippen LogP contribution in [0.2, 0.25) is 0 Å². The summed E-state index contributed by atoms with van der Waals surface area (Å²) in [5.41, 5.74) is 3.48. The van der Waals surface area contributed by atoms with Crippen molar-refractivity contribution in [1.29, 1.82) is 0 Å². The molecule has 2 aromatic rings. The Morgan fingerprint density at radius 1 is 1.31 bits per heavy atom. The summed E-state index contributed by atoms with van der Waals surface area (Å²) in [5, 5.41) is 11.0. The predicted octanol–water partition coefficient (Wildman–Crippen LogP) is 2.90. The molecular weight excluding hydrogens is 481 g/mol. The quantitative estimate of drug-likeness (QED) is 0.323. The first-order valence-electron chi connectivity index (χ1n) is 9.87. The van der Waals surface area contributed by atoms with Crippen molar-refractivity contribution in [3.05, 3.63) is 47.3 Å². The van der Waals surface area contributed by atoms with Crippen LogP contribution >= 0.6 is 24.0 Å². The lowest BCUT2D eigenvalue weighted by Gasteiger charge is -2.17. The van der Waals surface area contributed by atoms with Crippen molar-refractivity contribution in [3.63, 3.8) is 0 Å². The highest BCUT2D eigenvalue weighted by Crippen LogP contribution is 2.22. The van der Waals surface area contributed by atoms with Crippen LogP contribution in [-0.2, 0) is 17.8 Å². The van der Waals surface area contributed by atoms with Gasteiger partial charge in [-0.2, -0.15) is 5.10 Å². The first-order chi connectivity index (χ1) is 13.6. The molecule has 3 rings (SSSR count). The molecule has 7 nitrogen and oxygen atoms in total. The Morgan fingerprint density at radius 2 is 2.17 bits per heavy atom. The van der Waals surface area contributed by atoms with Gasteiger partial charge in [0.1, 0.15) is 5.75 Å². The van der Waals surface area contributed by atoms with Gasteiger partial charge < -0.3 is 20.1 Å². The van der Waals surface area contributed by atoms with E-state index in [1.54, 1.807) is 7.05 Å². The van der Waals surface area contributed by atoms with Crippen molar-refractivity contribution in [2.24, 2.45) is 10.9 Å². The van der Waals surface area contributed by atoms with Crippen molar-refractivity contribution in [2.45, 2.75) is 33.4 Å². The lowest BCUT2D eigenvalue weighted by Crippen LogP contribution is -2.38. The van der Waals surface area contributed by atoms with Gasteiger partial charge in [0.2, 0.25) is 0 Å². The number of hydrogen-bond acceptors (Lipinski definition) is 4. The molecule has 1 unspecified atom stereocenters. The normalized spacial score (nSPS) is 16.4. The van der Waals surface area contributed by atoms with E-state index in [9.17, 15) is 0 Å². The SMILES string of the molecule is CN=C(NCCn1cc(C)cn1)NCc1ccc(C)cc1OCC1CCOC1.I. The second-order valence-corrected chi connectivity index (χ2v) is 7.29. The molecule has 0 radical (unpaired) electrons. The third-order valence-corrected chi connectivity index (χ3v) is 4.79. The average Bonchev–Trinajstić information content (AvgIpc) is 3.35. The number of benzene rings is 1. The average molecular weight is 513 g/mol. The van der Waals surface area contributed by atoms with Crippen molar-refractivity contribution < 1.29 is 9.47 Å². The zero-order valence-electron chi connectivity index (χ0n) is 17.5. The fourth-order valence-corrected chi connectivity index (χ4v) is 3.14. The van der Waals surface area contributed by atoms with Gasteiger partial charge in [-0.3, -0.25) is 9.67 Å². The van der Waals surface area contributed by atoms with Crippen LogP contribution in [0.4, 0.5) is 0 Å². The van der Waals surface area contributed by atoms with Gasteiger partial charge in [-0.25, -0.2) is 0 Å². The van der Waals surface area contributed by atoms with E-state index in [1.807, 2.05) is 24.0 Å². The molecule has 1 aliphatic rings. The van der Waals surface area contributed by atoms with Crippen molar-refractivity contribution in [1.82, 2.24) is 20.4 Å². The largest absolute Gasteiger partial charge is 0.493 e. The summed E-state index contributed by atoms with van der Waals surface area (Å²) < 4.78 is 13.5. The Hall–Kier alpha value is -1.81. The summed E-state index contributed by atoms with van der Waals surface area (Å²) in [4.78, 5) is 4.30. The number of nitrogens with one attached hydrogen (secondary N) is 2. The first kappa shape index (κ1) is 23.5. The molecule has 29 heavy (non-hydrogen) atoms. The summed E-state index contributed by atoms with van der Waals surface area (Å²) in [7, 11) is 1.78. The number of guanidine groups is 1. The Labute approximate surface area is 190 Å². The van der Waals surface area contributed by atoms with Gasteiger partial charge in [-0.15, -0.1) is 24.0 Å². The minimum absolute atomic E-state index is 0. The predicted molar refractivity (Wildman–Crippen MR) is 126 cm³/mol. The summed E-state index contributed by atoms with van der Waals surface area (Å²) in [6.45, 7) is 8.65. The Morgan fingerprint density at radius 3 is 2.86 bits per heavy atom. The van der Waals surface area contributed by atoms with Crippen molar-refractivity contribution >= 4 is 29.9 Å². The summed E-state index contributed by atoms with van der Waals surface area (Å²) in [5.74, 6) is 2.18. The summed E-state index contributed by atoms with van der Waals surface area (Å²) in [6.07, 6.45) is 4.97. The number of aryl methyl sites for hydroxylation is 2. The molecule has 2 heterocycles. The number of aromatic nitrogens is 2. The number of hydrogen-bond donors (Lipinski definition) is 2. The Kier molecular flexibility index (Phi) is 9.72. The summed E-state index contributed by atoms with van der Waals surface area (Å²) in [6, 6.07) is 6.32.